The molecule has 1 amide bonds. The number of aliphatic carboxylic acids is 1. The molecule has 0 aliphatic rings. The molecule has 0 spiro atoms. The van der Waals surface area contributed by atoms with Crippen molar-refractivity contribution in [2.75, 3.05) is 12.3 Å². The molecule has 1 N–H and O–H groups in total. The number of hydrogen-bond donors (Lipinski definition) is 1. The standard InChI is InChI=1S/C15H20BrNO3S/c1-4-17(11(3)8-15(19)20)14(18)9-21-13-6-5-12(16)7-10(13)2/h5-7,11H,4,8-9H2,1-3H3,(H,19,20). The number of carboxylic acids is 1. The molecule has 21 heavy (non-hydrogen) atoms. The second-order valence-corrected chi connectivity index (χ2v) is 6.76. The summed E-state index contributed by atoms with van der Waals surface area (Å²) >= 11 is 4.90. The van der Waals surface area contributed by atoms with Crippen molar-refractivity contribution in [2.45, 2.75) is 38.1 Å². The van der Waals surface area contributed by atoms with Crippen LogP contribution in [0.25, 0.3) is 0 Å². The Morgan fingerprint density at radius 3 is 2.62 bits per heavy atom. The van der Waals surface area contributed by atoms with Gasteiger partial charge in [0.25, 0.3) is 0 Å². The molecule has 1 aromatic rings. The van der Waals surface area contributed by atoms with E-state index in [1.54, 1.807) is 11.8 Å². The van der Waals surface area contributed by atoms with Gasteiger partial charge in [0.15, 0.2) is 0 Å². The molecule has 1 rings (SSSR count). The number of carboxylic acid groups (broad SMARTS) is 1. The SMILES string of the molecule is CCN(C(=O)CSc1ccc(Br)cc1C)C(C)CC(=O)O. The van der Waals surface area contributed by atoms with Gasteiger partial charge in [-0.1, -0.05) is 15.9 Å². The number of thioether (sulfide) groups is 1. The molecule has 0 heterocycles. The fraction of sp³-hybridized carbons (Fsp3) is 0.467. The van der Waals surface area contributed by atoms with E-state index in [2.05, 4.69) is 15.9 Å². The summed E-state index contributed by atoms with van der Waals surface area (Å²) in [5.41, 5.74) is 1.11. The van der Waals surface area contributed by atoms with Crippen LogP contribution in [0, 0.1) is 6.92 Å². The van der Waals surface area contributed by atoms with E-state index in [0.29, 0.717) is 12.3 Å². The molecule has 0 bridgehead atoms. The van der Waals surface area contributed by atoms with Gasteiger partial charge in [-0.25, -0.2) is 0 Å². The summed E-state index contributed by atoms with van der Waals surface area (Å²) in [5.74, 6) is -0.594. The van der Waals surface area contributed by atoms with Gasteiger partial charge >= 0.3 is 5.97 Å². The lowest BCUT2D eigenvalue weighted by molar-refractivity contribution is -0.139. The van der Waals surface area contributed by atoms with Crippen molar-refractivity contribution >= 4 is 39.6 Å². The summed E-state index contributed by atoms with van der Waals surface area (Å²) in [7, 11) is 0. The van der Waals surface area contributed by atoms with Gasteiger partial charge in [0.1, 0.15) is 0 Å². The lowest BCUT2D eigenvalue weighted by Gasteiger charge is -2.27. The molecule has 1 atom stereocenters. The minimum Gasteiger partial charge on any atom is -0.481 e. The highest BCUT2D eigenvalue weighted by Crippen LogP contribution is 2.25. The molecule has 116 valence electrons. The first kappa shape index (κ1) is 18.0. The van der Waals surface area contributed by atoms with Crippen LogP contribution in [0.4, 0.5) is 0 Å². The summed E-state index contributed by atoms with van der Waals surface area (Å²) < 4.78 is 1.01. The second-order valence-electron chi connectivity index (χ2n) is 4.83. The quantitative estimate of drug-likeness (QED) is 0.742. The average molecular weight is 374 g/mol. The van der Waals surface area contributed by atoms with Crippen LogP contribution < -0.4 is 0 Å². The van der Waals surface area contributed by atoms with Crippen LogP contribution in [0.5, 0.6) is 0 Å². The first-order chi connectivity index (χ1) is 9.85. The molecule has 6 heteroatoms. The third-order valence-corrected chi connectivity index (χ3v) is 4.80. The first-order valence-corrected chi connectivity index (χ1v) is 8.53. The topological polar surface area (TPSA) is 57.6 Å². The van der Waals surface area contributed by atoms with E-state index in [9.17, 15) is 9.59 Å². The van der Waals surface area contributed by atoms with E-state index in [-0.39, 0.29) is 18.4 Å². The molecule has 0 aliphatic heterocycles. The number of nitrogens with zero attached hydrogens (tertiary/aromatic N) is 1. The Bertz CT molecular complexity index is 522. The van der Waals surface area contributed by atoms with Crippen molar-refractivity contribution < 1.29 is 14.7 Å². The van der Waals surface area contributed by atoms with Crippen LogP contribution in [0.3, 0.4) is 0 Å². The highest BCUT2D eigenvalue weighted by molar-refractivity contribution is 9.10. The van der Waals surface area contributed by atoms with Crippen LogP contribution in [-0.4, -0.2) is 40.2 Å². The first-order valence-electron chi connectivity index (χ1n) is 6.75. The van der Waals surface area contributed by atoms with Crippen molar-refractivity contribution in [2.24, 2.45) is 0 Å². The van der Waals surface area contributed by atoms with E-state index >= 15 is 0 Å². The number of benzene rings is 1. The molecule has 1 aromatic carbocycles. The van der Waals surface area contributed by atoms with Crippen molar-refractivity contribution in [3.63, 3.8) is 0 Å². The summed E-state index contributed by atoms with van der Waals surface area (Å²) in [4.78, 5) is 25.7. The number of halogens is 1. The van der Waals surface area contributed by atoms with Crippen molar-refractivity contribution in [1.29, 1.82) is 0 Å². The molecule has 0 saturated heterocycles. The van der Waals surface area contributed by atoms with Gasteiger partial charge in [-0.2, -0.15) is 0 Å². The van der Waals surface area contributed by atoms with Crippen molar-refractivity contribution in [3.05, 3.63) is 28.2 Å². The third kappa shape index (κ3) is 5.71. The zero-order valence-corrected chi connectivity index (χ0v) is 14.8. The van der Waals surface area contributed by atoms with Crippen LogP contribution in [-0.2, 0) is 9.59 Å². The Hall–Kier alpha value is -1.01. The van der Waals surface area contributed by atoms with E-state index < -0.39 is 5.97 Å². The maximum atomic E-state index is 12.3. The molecular formula is C15H20BrNO3S. The highest BCUT2D eigenvalue weighted by Gasteiger charge is 2.20. The van der Waals surface area contributed by atoms with E-state index in [4.69, 9.17) is 5.11 Å². The average Bonchev–Trinajstić information content (AvgIpc) is 2.37. The van der Waals surface area contributed by atoms with Gasteiger partial charge in [-0.05, 0) is 44.5 Å². The van der Waals surface area contributed by atoms with E-state index in [1.807, 2.05) is 32.0 Å². The molecule has 0 aliphatic carbocycles. The summed E-state index contributed by atoms with van der Waals surface area (Å²) in [6.07, 6.45) is -0.0262. The maximum Gasteiger partial charge on any atom is 0.305 e. The monoisotopic (exact) mass is 373 g/mol. The van der Waals surface area contributed by atoms with Gasteiger partial charge in [0, 0.05) is 22.0 Å². The number of rotatable bonds is 7. The van der Waals surface area contributed by atoms with Gasteiger partial charge in [-0.3, -0.25) is 9.59 Å². The number of hydrogen-bond acceptors (Lipinski definition) is 3. The number of carbonyl (C=O) groups excluding carboxylic acids is 1. The predicted molar refractivity (Wildman–Crippen MR) is 88.7 cm³/mol. The fourth-order valence-corrected chi connectivity index (χ4v) is 3.47. The predicted octanol–water partition coefficient (Wildman–Crippen LogP) is 3.56. The number of aryl methyl sites for hydroxylation is 1. The fourth-order valence-electron chi connectivity index (χ4n) is 2.09. The molecular weight excluding hydrogens is 354 g/mol. The van der Waals surface area contributed by atoms with Crippen LogP contribution in [0.2, 0.25) is 0 Å². The lowest BCUT2D eigenvalue weighted by Crippen LogP contribution is -2.40. The summed E-state index contributed by atoms with van der Waals surface area (Å²) in [6, 6.07) is 5.66. The minimum absolute atomic E-state index is 0.0262. The van der Waals surface area contributed by atoms with E-state index in [1.165, 1.54) is 11.8 Å². The maximum absolute atomic E-state index is 12.3. The van der Waals surface area contributed by atoms with Crippen LogP contribution in [0.15, 0.2) is 27.6 Å². The summed E-state index contributed by atoms with van der Waals surface area (Å²) in [5, 5.41) is 8.83. The Kier molecular flexibility index (Phi) is 7.25. The second kappa shape index (κ2) is 8.44. The Labute approximate surface area is 138 Å². The largest absolute Gasteiger partial charge is 0.481 e. The zero-order chi connectivity index (χ0) is 16.0. The Balaban J connectivity index is 2.64. The minimum atomic E-state index is -0.884. The number of amides is 1. The molecule has 0 aromatic heterocycles. The van der Waals surface area contributed by atoms with Gasteiger partial charge in [-0.15, -0.1) is 11.8 Å². The molecule has 4 nitrogen and oxygen atoms in total. The highest BCUT2D eigenvalue weighted by atomic mass is 79.9. The van der Waals surface area contributed by atoms with Gasteiger partial charge in [0.2, 0.25) is 5.91 Å². The molecule has 0 radical (unpaired) electrons. The van der Waals surface area contributed by atoms with Crippen molar-refractivity contribution in [3.8, 4) is 0 Å². The van der Waals surface area contributed by atoms with Gasteiger partial charge < -0.3 is 10.0 Å². The Morgan fingerprint density at radius 2 is 2.10 bits per heavy atom. The van der Waals surface area contributed by atoms with Crippen LogP contribution >= 0.6 is 27.7 Å². The third-order valence-electron chi connectivity index (χ3n) is 3.15. The van der Waals surface area contributed by atoms with Crippen molar-refractivity contribution in [1.82, 2.24) is 4.90 Å². The van der Waals surface area contributed by atoms with E-state index in [0.717, 1.165) is 14.9 Å². The van der Waals surface area contributed by atoms with Crippen LogP contribution in [0.1, 0.15) is 25.8 Å². The Morgan fingerprint density at radius 1 is 1.43 bits per heavy atom. The zero-order valence-electron chi connectivity index (χ0n) is 12.4. The smallest absolute Gasteiger partial charge is 0.305 e. The molecule has 0 fully saturated rings. The van der Waals surface area contributed by atoms with Gasteiger partial charge in [0.05, 0.1) is 12.2 Å². The lowest BCUT2D eigenvalue weighted by atomic mass is 10.2. The molecule has 0 saturated carbocycles. The normalized spacial score (nSPS) is 12.0. The molecule has 1 unspecified atom stereocenters. The summed E-state index contributed by atoms with van der Waals surface area (Å²) in [6.45, 7) is 6.16. The number of carbonyl (C=O) groups is 2.